The van der Waals surface area contributed by atoms with Crippen molar-refractivity contribution in [2.24, 2.45) is 17.2 Å². The maximum atomic E-state index is 12.3. The Morgan fingerprint density at radius 1 is 1.04 bits per heavy atom. The van der Waals surface area contributed by atoms with Gasteiger partial charge >= 0.3 is 5.97 Å². The minimum atomic E-state index is -1.28. The summed E-state index contributed by atoms with van der Waals surface area (Å²) in [5, 5.41) is 13.9. The maximum absolute atomic E-state index is 12.3. The maximum Gasteiger partial charge on any atom is 0.326 e. The number of nitrogens with one attached hydrogen (secondary N) is 2. The molecule has 0 aromatic rings. The minimum absolute atomic E-state index is 0.206. The summed E-state index contributed by atoms with van der Waals surface area (Å²) < 4.78 is 0. The molecule has 9 N–H and O–H groups in total. The first-order chi connectivity index (χ1) is 12.2. The molecule has 0 aliphatic heterocycles. The third-order valence-electron chi connectivity index (χ3n) is 3.57. The van der Waals surface area contributed by atoms with E-state index in [-0.39, 0.29) is 6.42 Å². The second-order valence-corrected chi connectivity index (χ2v) is 6.79. The second kappa shape index (κ2) is 13.4. The Kier molecular flexibility index (Phi) is 12.4. The first-order valence-electron chi connectivity index (χ1n) is 8.29. The van der Waals surface area contributed by atoms with Crippen LogP contribution in [-0.4, -0.2) is 65.5 Å². The molecule has 0 saturated carbocycles. The summed E-state index contributed by atoms with van der Waals surface area (Å²) in [6, 6.07) is -3.27. The first-order valence-corrected chi connectivity index (χ1v) is 9.68. The van der Waals surface area contributed by atoms with Crippen molar-refractivity contribution < 1.29 is 24.3 Å². The van der Waals surface area contributed by atoms with Crippen molar-refractivity contribution in [2.45, 2.75) is 50.2 Å². The van der Waals surface area contributed by atoms with Gasteiger partial charge in [-0.15, -0.1) is 0 Å². The number of carboxylic acids is 1. The predicted molar refractivity (Wildman–Crippen MR) is 99.2 cm³/mol. The lowest BCUT2D eigenvalue weighted by Crippen LogP contribution is -2.55. The van der Waals surface area contributed by atoms with E-state index < -0.39 is 48.2 Å². The SMILES string of the molecule is CSCCC(NC(=O)C(CC(N)=O)NC(=O)C(N)CCCCN)C(=O)O. The van der Waals surface area contributed by atoms with E-state index in [4.69, 9.17) is 22.3 Å². The number of carboxylic acid groups (broad SMARTS) is 1. The van der Waals surface area contributed by atoms with Crippen LogP contribution in [0, 0.1) is 0 Å². The van der Waals surface area contributed by atoms with Gasteiger partial charge in [0.15, 0.2) is 0 Å². The Morgan fingerprint density at radius 3 is 2.15 bits per heavy atom. The fourth-order valence-electron chi connectivity index (χ4n) is 2.09. The van der Waals surface area contributed by atoms with Gasteiger partial charge in [-0.05, 0) is 37.8 Å². The van der Waals surface area contributed by atoms with Crippen LogP contribution in [0.2, 0.25) is 0 Å². The number of thioether (sulfide) groups is 1. The summed E-state index contributed by atoms with van der Waals surface area (Å²) in [6.45, 7) is 0.480. The molecule has 0 spiro atoms. The van der Waals surface area contributed by atoms with Crippen LogP contribution >= 0.6 is 11.8 Å². The fourth-order valence-corrected chi connectivity index (χ4v) is 2.57. The van der Waals surface area contributed by atoms with Crippen molar-refractivity contribution in [3.05, 3.63) is 0 Å². The van der Waals surface area contributed by atoms with Gasteiger partial charge < -0.3 is 32.9 Å². The molecule has 3 atom stereocenters. The van der Waals surface area contributed by atoms with Crippen LogP contribution in [0.3, 0.4) is 0 Å². The van der Waals surface area contributed by atoms with Crippen LogP contribution in [-0.2, 0) is 19.2 Å². The highest BCUT2D eigenvalue weighted by Gasteiger charge is 2.28. The zero-order valence-corrected chi connectivity index (χ0v) is 15.7. The van der Waals surface area contributed by atoms with Gasteiger partial charge in [-0.1, -0.05) is 6.42 Å². The highest BCUT2D eigenvalue weighted by molar-refractivity contribution is 7.98. The molecule has 3 unspecified atom stereocenters. The summed E-state index contributed by atoms with van der Waals surface area (Å²) in [4.78, 5) is 46.8. The van der Waals surface area contributed by atoms with Crippen LogP contribution < -0.4 is 27.8 Å². The lowest BCUT2D eigenvalue weighted by Gasteiger charge is -2.22. The van der Waals surface area contributed by atoms with Gasteiger partial charge in [-0.3, -0.25) is 14.4 Å². The molecule has 0 rings (SSSR count). The predicted octanol–water partition coefficient (Wildman–Crippen LogP) is -1.87. The van der Waals surface area contributed by atoms with Crippen LogP contribution in [0.15, 0.2) is 0 Å². The number of carbonyl (C=O) groups is 4. The largest absolute Gasteiger partial charge is 0.480 e. The average molecular weight is 391 g/mol. The third-order valence-corrected chi connectivity index (χ3v) is 4.21. The monoisotopic (exact) mass is 391 g/mol. The van der Waals surface area contributed by atoms with Crippen LogP contribution in [0.1, 0.15) is 32.1 Å². The van der Waals surface area contributed by atoms with E-state index in [1.807, 2.05) is 6.26 Å². The molecule has 0 saturated heterocycles. The molecule has 0 radical (unpaired) electrons. The molecule has 0 heterocycles. The van der Waals surface area contributed by atoms with E-state index >= 15 is 0 Å². The zero-order chi connectivity index (χ0) is 20.1. The molecule has 0 aromatic carbocycles. The summed E-state index contributed by atoms with van der Waals surface area (Å²) in [7, 11) is 0. The fraction of sp³-hybridized carbons (Fsp3) is 0.733. The molecule has 0 bridgehead atoms. The number of primary amides is 1. The molecular weight excluding hydrogens is 362 g/mol. The molecule has 3 amide bonds. The van der Waals surface area contributed by atoms with E-state index in [0.29, 0.717) is 31.6 Å². The van der Waals surface area contributed by atoms with E-state index in [1.165, 1.54) is 11.8 Å². The minimum Gasteiger partial charge on any atom is -0.480 e. The zero-order valence-electron chi connectivity index (χ0n) is 14.9. The average Bonchev–Trinajstić information content (AvgIpc) is 2.57. The summed E-state index contributed by atoms with van der Waals surface area (Å²) in [5.74, 6) is -2.89. The number of carbonyl (C=O) groups excluding carboxylic acids is 3. The smallest absolute Gasteiger partial charge is 0.326 e. The van der Waals surface area contributed by atoms with Gasteiger partial charge in [0.25, 0.3) is 0 Å². The number of hydrogen-bond donors (Lipinski definition) is 6. The molecular formula is C15H29N5O5S. The van der Waals surface area contributed by atoms with Gasteiger partial charge in [0, 0.05) is 0 Å². The topological polar surface area (TPSA) is 191 Å². The summed E-state index contributed by atoms with van der Waals surface area (Å²) >= 11 is 1.43. The van der Waals surface area contributed by atoms with Crippen molar-refractivity contribution in [1.29, 1.82) is 0 Å². The highest BCUT2D eigenvalue weighted by atomic mass is 32.2. The number of nitrogens with two attached hydrogens (primary N) is 3. The van der Waals surface area contributed by atoms with Crippen molar-refractivity contribution in [3.63, 3.8) is 0 Å². The van der Waals surface area contributed by atoms with Gasteiger partial charge in [-0.25, -0.2) is 4.79 Å². The quantitative estimate of drug-likeness (QED) is 0.185. The van der Waals surface area contributed by atoms with Crippen molar-refractivity contribution in [2.75, 3.05) is 18.6 Å². The van der Waals surface area contributed by atoms with E-state index in [9.17, 15) is 19.2 Å². The van der Waals surface area contributed by atoms with Crippen LogP contribution in [0.25, 0.3) is 0 Å². The molecule has 0 aromatic heterocycles. The Hall–Kier alpha value is -1.85. The van der Waals surface area contributed by atoms with Gasteiger partial charge in [0.1, 0.15) is 12.1 Å². The van der Waals surface area contributed by atoms with E-state index in [2.05, 4.69) is 10.6 Å². The molecule has 150 valence electrons. The van der Waals surface area contributed by atoms with Crippen molar-refractivity contribution >= 4 is 35.5 Å². The van der Waals surface area contributed by atoms with Crippen molar-refractivity contribution in [3.8, 4) is 0 Å². The molecule has 0 fully saturated rings. The molecule has 0 aliphatic rings. The normalized spacial score (nSPS) is 14.1. The Bertz CT molecular complexity index is 491. The number of unbranched alkanes of at least 4 members (excludes halogenated alkanes) is 1. The van der Waals surface area contributed by atoms with Crippen LogP contribution in [0.5, 0.6) is 0 Å². The van der Waals surface area contributed by atoms with Crippen LogP contribution in [0.4, 0.5) is 0 Å². The van der Waals surface area contributed by atoms with E-state index in [0.717, 1.165) is 0 Å². The highest BCUT2D eigenvalue weighted by Crippen LogP contribution is 2.04. The number of amides is 3. The molecule has 0 aliphatic carbocycles. The van der Waals surface area contributed by atoms with Crippen molar-refractivity contribution in [1.82, 2.24) is 10.6 Å². The van der Waals surface area contributed by atoms with Gasteiger partial charge in [0.2, 0.25) is 17.7 Å². The molecule has 10 nitrogen and oxygen atoms in total. The van der Waals surface area contributed by atoms with Gasteiger partial charge in [0.05, 0.1) is 12.5 Å². The third kappa shape index (κ3) is 10.2. The van der Waals surface area contributed by atoms with Gasteiger partial charge in [-0.2, -0.15) is 11.8 Å². The Morgan fingerprint density at radius 2 is 1.65 bits per heavy atom. The lowest BCUT2D eigenvalue weighted by atomic mass is 10.1. The Labute approximate surface area is 157 Å². The summed E-state index contributed by atoms with van der Waals surface area (Å²) in [5.41, 5.74) is 16.2. The molecule has 26 heavy (non-hydrogen) atoms. The number of hydrogen-bond acceptors (Lipinski definition) is 7. The standard InChI is InChI=1S/C15H29N5O5S/c1-26-7-5-10(15(24)25)19-14(23)11(8-12(18)21)20-13(22)9(17)4-2-3-6-16/h9-11H,2-8,16-17H2,1H3,(H2,18,21)(H,19,23)(H,20,22)(H,24,25). The number of aliphatic carboxylic acids is 1. The first kappa shape index (κ1) is 24.1. The molecule has 11 heteroatoms. The lowest BCUT2D eigenvalue weighted by molar-refractivity contribution is -0.142. The summed E-state index contributed by atoms with van der Waals surface area (Å²) in [6.07, 6.45) is 3.29. The Balaban J connectivity index is 4.89. The second-order valence-electron chi connectivity index (χ2n) is 5.80. The number of rotatable bonds is 14. The van der Waals surface area contributed by atoms with E-state index in [1.54, 1.807) is 0 Å².